The van der Waals surface area contributed by atoms with Crippen molar-refractivity contribution in [2.24, 2.45) is 28.6 Å². The van der Waals surface area contributed by atoms with Crippen LogP contribution in [0.3, 0.4) is 0 Å². The van der Waals surface area contributed by atoms with Crippen molar-refractivity contribution >= 4 is 5.97 Å². The Labute approximate surface area is 186 Å². The lowest BCUT2D eigenvalue weighted by Gasteiger charge is -2.58. The first-order chi connectivity index (χ1) is 14.9. The Morgan fingerprint density at radius 2 is 2.06 bits per heavy atom. The van der Waals surface area contributed by atoms with Gasteiger partial charge in [-0.2, -0.15) is 0 Å². The molecule has 0 aromatic heterocycles. The molecular formula is C26H40O5. The standard InChI is InChI=1S/C26H40O5/c1-17(27)30-16-26-15-19(31-24-5-3-4-14-29-24)8-6-18(26)7-9-20-21-10-11-23(28)25(21,2)13-12-22(20)26/h7,19-24,28H,3-6,8-16H2,1-2H3/t19?,20?,21?,22?,23-,24?,25-,26+/m0/s1. The summed E-state index contributed by atoms with van der Waals surface area (Å²) in [6, 6.07) is 0. The van der Waals surface area contributed by atoms with Crippen LogP contribution in [0.2, 0.25) is 0 Å². The number of allylic oxidation sites excluding steroid dienone is 1. The third-order valence-electron chi connectivity index (χ3n) is 9.72. The normalized spacial score (nSPS) is 47.0. The summed E-state index contributed by atoms with van der Waals surface area (Å²) < 4.78 is 18.1. The smallest absolute Gasteiger partial charge is 0.302 e. The van der Waals surface area contributed by atoms with E-state index in [1.54, 1.807) is 0 Å². The van der Waals surface area contributed by atoms with Crippen LogP contribution in [-0.2, 0) is 19.0 Å². The highest BCUT2D eigenvalue weighted by Crippen LogP contribution is 2.65. The summed E-state index contributed by atoms with van der Waals surface area (Å²) in [5, 5.41) is 10.8. The molecule has 0 spiro atoms. The molecule has 1 aliphatic heterocycles. The van der Waals surface area contributed by atoms with E-state index in [-0.39, 0.29) is 35.3 Å². The summed E-state index contributed by atoms with van der Waals surface area (Å²) in [6.07, 6.45) is 14.1. The molecule has 31 heavy (non-hydrogen) atoms. The molecule has 5 nitrogen and oxygen atoms in total. The van der Waals surface area contributed by atoms with E-state index in [4.69, 9.17) is 14.2 Å². The molecule has 5 rings (SSSR count). The van der Waals surface area contributed by atoms with Gasteiger partial charge in [-0.15, -0.1) is 0 Å². The second-order valence-corrected chi connectivity index (χ2v) is 11.2. The number of esters is 1. The van der Waals surface area contributed by atoms with Crippen molar-refractivity contribution in [3.63, 3.8) is 0 Å². The molecule has 1 heterocycles. The summed E-state index contributed by atoms with van der Waals surface area (Å²) in [5.74, 6) is 1.46. The summed E-state index contributed by atoms with van der Waals surface area (Å²) in [4.78, 5) is 11.9. The maximum absolute atomic E-state index is 11.9. The lowest BCUT2D eigenvalue weighted by Crippen LogP contribution is -2.54. The van der Waals surface area contributed by atoms with Crippen molar-refractivity contribution in [1.82, 2.24) is 0 Å². The van der Waals surface area contributed by atoms with E-state index >= 15 is 0 Å². The molecular weight excluding hydrogens is 392 g/mol. The van der Waals surface area contributed by atoms with Crippen LogP contribution in [0.5, 0.6) is 0 Å². The summed E-state index contributed by atoms with van der Waals surface area (Å²) in [7, 11) is 0. The molecule has 0 aromatic rings. The van der Waals surface area contributed by atoms with Crippen LogP contribution in [0.1, 0.15) is 84.5 Å². The van der Waals surface area contributed by atoms with E-state index in [0.717, 1.165) is 70.8 Å². The fraction of sp³-hybridized carbons (Fsp3) is 0.885. The third-order valence-corrected chi connectivity index (χ3v) is 9.72. The molecule has 5 heteroatoms. The average Bonchev–Trinajstić information content (AvgIpc) is 3.07. The van der Waals surface area contributed by atoms with Gasteiger partial charge in [-0.1, -0.05) is 18.6 Å². The molecule has 174 valence electrons. The van der Waals surface area contributed by atoms with Crippen LogP contribution < -0.4 is 0 Å². The molecule has 0 bridgehead atoms. The highest BCUT2D eigenvalue weighted by atomic mass is 16.7. The number of rotatable bonds is 4. The van der Waals surface area contributed by atoms with Crippen LogP contribution in [0.15, 0.2) is 11.6 Å². The first kappa shape index (κ1) is 21.9. The summed E-state index contributed by atoms with van der Waals surface area (Å²) in [5.41, 5.74) is 1.44. The minimum atomic E-state index is -0.188. The Hall–Kier alpha value is -0.910. The predicted octanol–water partition coefficient (Wildman–Crippen LogP) is 4.77. The van der Waals surface area contributed by atoms with Crippen molar-refractivity contribution < 1.29 is 24.1 Å². The van der Waals surface area contributed by atoms with Gasteiger partial charge in [0.15, 0.2) is 6.29 Å². The Balaban J connectivity index is 1.42. The minimum absolute atomic E-state index is 0.0512. The predicted molar refractivity (Wildman–Crippen MR) is 117 cm³/mol. The second-order valence-electron chi connectivity index (χ2n) is 11.2. The first-order valence-corrected chi connectivity index (χ1v) is 12.7. The Morgan fingerprint density at radius 1 is 1.19 bits per heavy atom. The molecule has 0 amide bonds. The fourth-order valence-corrected chi connectivity index (χ4v) is 8.09. The zero-order chi connectivity index (χ0) is 21.6. The van der Waals surface area contributed by atoms with E-state index in [2.05, 4.69) is 13.0 Å². The first-order valence-electron chi connectivity index (χ1n) is 12.7. The van der Waals surface area contributed by atoms with Gasteiger partial charge < -0.3 is 19.3 Å². The van der Waals surface area contributed by atoms with Crippen molar-refractivity contribution in [2.45, 2.75) is 103 Å². The number of ether oxygens (including phenoxy) is 3. The summed E-state index contributed by atoms with van der Waals surface area (Å²) >= 11 is 0. The maximum atomic E-state index is 11.9. The topological polar surface area (TPSA) is 65.0 Å². The maximum Gasteiger partial charge on any atom is 0.302 e. The Kier molecular flexibility index (Phi) is 5.98. The molecule has 4 aliphatic carbocycles. The lowest BCUT2D eigenvalue weighted by atomic mass is 9.47. The van der Waals surface area contributed by atoms with Crippen molar-refractivity contribution in [3.05, 3.63) is 11.6 Å². The summed E-state index contributed by atoms with van der Waals surface area (Å²) in [6.45, 7) is 5.12. The Bertz CT molecular complexity index is 713. The van der Waals surface area contributed by atoms with E-state index in [0.29, 0.717) is 24.4 Å². The molecule has 4 fully saturated rings. The molecule has 5 aliphatic rings. The van der Waals surface area contributed by atoms with Crippen LogP contribution in [-0.4, -0.2) is 42.8 Å². The van der Waals surface area contributed by atoms with Crippen molar-refractivity contribution in [3.8, 4) is 0 Å². The number of hydrogen-bond donors (Lipinski definition) is 1. The number of carbonyl (C=O) groups excluding carboxylic acids is 1. The van der Waals surface area contributed by atoms with Gasteiger partial charge in [-0.05, 0) is 93.8 Å². The lowest BCUT2D eigenvalue weighted by molar-refractivity contribution is -0.206. The highest BCUT2D eigenvalue weighted by molar-refractivity contribution is 5.66. The van der Waals surface area contributed by atoms with Gasteiger partial charge in [0.05, 0.1) is 12.2 Å². The van der Waals surface area contributed by atoms with Crippen LogP contribution in [0, 0.1) is 28.6 Å². The van der Waals surface area contributed by atoms with E-state index in [9.17, 15) is 9.90 Å². The van der Waals surface area contributed by atoms with Crippen molar-refractivity contribution in [1.29, 1.82) is 0 Å². The fourth-order valence-electron chi connectivity index (χ4n) is 8.09. The van der Waals surface area contributed by atoms with Crippen LogP contribution >= 0.6 is 0 Å². The number of aliphatic hydroxyl groups excluding tert-OH is 1. The van der Waals surface area contributed by atoms with Gasteiger partial charge in [-0.3, -0.25) is 4.79 Å². The SMILES string of the molecule is CC(=O)OC[C@]12CC(OC3CCCCO3)CCC1=CCC1C2CC[C@@]2(C)C1CC[C@@H]2O. The Morgan fingerprint density at radius 3 is 2.84 bits per heavy atom. The molecule has 5 unspecified atom stereocenters. The molecule has 8 atom stereocenters. The van der Waals surface area contributed by atoms with E-state index < -0.39 is 0 Å². The number of carbonyl (C=O) groups is 1. The van der Waals surface area contributed by atoms with Gasteiger partial charge in [0.1, 0.15) is 6.61 Å². The molecule has 1 saturated heterocycles. The van der Waals surface area contributed by atoms with Gasteiger partial charge in [0, 0.05) is 18.9 Å². The largest absolute Gasteiger partial charge is 0.465 e. The van der Waals surface area contributed by atoms with Gasteiger partial charge in [0.25, 0.3) is 0 Å². The van der Waals surface area contributed by atoms with Gasteiger partial charge >= 0.3 is 5.97 Å². The number of aliphatic hydroxyl groups is 1. The quantitative estimate of drug-likeness (QED) is 0.512. The molecule has 0 aromatic carbocycles. The monoisotopic (exact) mass is 432 g/mol. The molecule has 3 saturated carbocycles. The van der Waals surface area contributed by atoms with E-state index in [1.807, 2.05) is 0 Å². The minimum Gasteiger partial charge on any atom is -0.465 e. The third kappa shape index (κ3) is 3.79. The van der Waals surface area contributed by atoms with Gasteiger partial charge in [-0.25, -0.2) is 0 Å². The zero-order valence-electron chi connectivity index (χ0n) is 19.3. The highest BCUT2D eigenvalue weighted by Gasteiger charge is 2.60. The number of fused-ring (bicyclic) bond motifs is 5. The van der Waals surface area contributed by atoms with Crippen LogP contribution in [0.4, 0.5) is 0 Å². The van der Waals surface area contributed by atoms with Crippen molar-refractivity contribution in [2.75, 3.05) is 13.2 Å². The molecule has 0 radical (unpaired) electrons. The van der Waals surface area contributed by atoms with Crippen LogP contribution in [0.25, 0.3) is 0 Å². The number of hydrogen-bond acceptors (Lipinski definition) is 5. The van der Waals surface area contributed by atoms with Gasteiger partial charge in [0.2, 0.25) is 0 Å². The van der Waals surface area contributed by atoms with E-state index in [1.165, 1.54) is 18.9 Å². The average molecular weight is 433 g/mol. The second kappa shape index (κ2) is 8.46. The molecule has 1 N–H and O–H groups in total. The zero-order valence-corrected chi connectivity index (χ0v) is 19.3.